The Bertz CT molecular complexity index is 393. The summed E-state index contributed by atoms with van der Waals surface area (Å²) in [7, 11) is 0. The second-order valence-electron chi connectivity index (χ2n) is 4.76. The van der Waals surface area contributed by atoms with Gasteiger partial charge in [0.2, 0.25) is 5.91 Å². The molecular weight excluding hydrogens is 250 g/mol. The monoisotopic (exact) mass is 269 g/mol. The maximum atomic E-state index is 11.6. The molecule has 0 radical (unpaired) electrons. The highest BCUT2D eigenvalue weighted by Crippen LogP contribution is 2.11. The molecule has 0 fully saturated rings. The molecule has 2 N–H and O–H groups in total. The molecule has 0 aliphatic carbocycles. The summed E-state index contributed by atoms with van der Waals surface area (Å²) in [5.74, 6) is 0.169. The molecule has 100 valence electrons. The number of carbonyl (C=O) groups is 1. The summed E-state index contributed by atoms with van der Waals surface area (Å²) < 4.78 is 0. The van der Waals surface area contributed by atoms with Gasteiger partial charge in [0.25, 0.3) is 0 Å². The van der Waals surface area contributed by atoms with Crippen LogP contribution in [0.15, 0.2) is 24.3 Å². The van der Waals surface area contributed by atoms with Gasteiger partial charge in [-0.3, -0.25) is 4.79 Å². The first-order valence-corrected chi connectivity index (χ1v) is 6.56. The summed E-state index contributed by atoms with van der Waals surface area (Å²) >= 11 is 5.84. The molecule has 0 spiro atoms. The smallest absolute Gasteiger partial charge is 0.224 e. The number of rotatable bonds is 6. The molecule has 0 aliphatic rings. The summed E-state index contributed by atoms with van der Waals surface area (Å²) in [6.45, 7) is 4.41. The van der Waals surface area contributed by atoms with Crippen molar-refractivity contribution in [2.75, 3.05) is 6.54 Å². The molecule has 4 heteroatoms. The predicted molar refractivity (Wildman–Crippen MR) is 73.6 cm³/mol. The lowest BCUT2D eigenvalue weighted by atomic mass is 10.0. The van der Waals surface area contributed by atoms with E-state index in [2.05, 4.69) is 5.32 Å². The van der Waals surface area contributed by atoms with Crippen LogP contribution in [0.2, 0.25) is 5.02 Å². The Morgan fingerprint density at radius 2 is 2.17 bits per heavy atom. The molecule has 3 nitrogen and oxygen atoms in total. The summed E-state index contributed by atoms with van der Waals surface area (Å²) in [4.78, 5) is 11.6. The highest BCUT2D eigenvalue weighted by molar-refractivity contribution is 6.30. The summed E-state index contributed by atoms with van der Waals surface area (Å²) in [5.41, 5.74) is 0.893. The third-order valence-corrected chi connectivity index (χ3v) is 3.02. The number of aliphatic hydroxyl groups excluding tert-OH is 1. The van der Waals surface area contributed by atoms with Gasteiger partial charge in [0.05, 0.1) is 12.5 Å². The number of benzene rings is 1. The van der Waals surface area contributed by atoms with Crippen molar-refractivity contribution in [1.29, 1.82) is 0 Å². The molecular formula is C14H20ClNO2. The van der Waals surface area contributed by atoms with Crippen molar-refractivity contribution in [3.63, 3.8) is 0 Å². The van der Waals surface area contributed by atoms with Crippen LogP contribution in [0.3, 0.4) is 0 Å². The molecule has 1 atom stereocenters. The van der Waals surface area contributed by atoms with Crippen molar-refractivity contribution in [2.24, 2.45) is 5.92 Å². The van der Waals surface area contributed by atoms with Crippen molar-refractivity contribution >= 4 is 17.5 Å². The average Bonchev–Trinajstić information content (AvgIpc) is 2.28. The first-order valence-electron chi connectivity index (χ1n) is 6.18. The van der Waals surface area contributed by atoms with Crippen LogP contribution in [0, 0.1) is 5.92 Å². The molecule has 0 saturated heterocycles. The Labute approximate surface area is 113 Å². The number of carbonyl (C=O) groups excluding carboxylic acids is 1. The zero-order valence-electron chi connectivity index (χ0n) is 10.8. The fraction of sp³-hybridized carbons (Fsp3) is 0.500. The minimum absolute atomic E-state index is 0.0479. The Morgan fingerprint density at radius 1 is 1.44 bits per heavy atom. The van der Waals surface area contributed by atoms with E-state index in [-0.39, 0.29) is 17.9 Å². The van der Waals surface area contributed by atoms with Crippen molar-refractivity contribution in [2.45, 2.75) is 32.8 Å². The molecule has 0 bridgehead atoms. The van der Waals surface area contributed by atoms with Crippen LogP contribution in [0.5, 0.6) is 0 Å². The lowest BCUT2D eigenvalue weighted by molar-refractivity contribution is -0.120. The van der Waals surface area contributed by atoms with Crippen LogP contribution in [0.1, 0.15) is 25.8 Å². The second kappa shape index (κ2) is 7.39. The van der Waals surface area contributed by atoms with Crippen LogP contribution >= 0.6 is 11.6 Å². The van der Waals surface area contributed by atoms with Gasteiger partial charge in [0.15, 0.2) is 0 Å². The van der Waals surface area contributed by atoms with Gasteiger partial charge < -0.3 is 10.4 Å². The molecule has 1 unspecified atom stereocenters. The van der Waals surface area contributed by atoms with E-state index >= 15 is 0 Å². The van der Waals surface area contributed by atoms with E-state index in [1.54, 1.807) is 12.1 Å². The standard InChI is InChI=1S/C14H20ClNO2/c1-10(2)13(17)6-7-16-14(18)9-11-4-3-5-12(15)8-11/h3-5,8,10,13,17H,6-7,9H2,1-2H3,(H,16,18). The van der Waals surface area contributed by atoms with E-state index in [0.29, 0.717) is 24.4 Å². The van der Waals surface area contributed by atoms with Gasteiger partial charge in [0.1, 0.15) is 0 Å². The maximum Gasteiger partial charge on any atom is 0.224 e. The van der Waals surface area contributed by atoms with Crippen molar-refractivity contribution < 1.29 is 9.90 Å². The lowest BCUT2D eigenvalue weighted by Crippen LogP contribution is -2.29. The van der Waals surface area contributed by atoms with Gasteiger partial charge >= 0.3 is 0 Å². The zero-order chi connectivity index (χ0) is 13.5. The minimum Gasteiger partial charge on any atom is -0.393 e. The van der Waals surface area contributed by atoms with E-state index in [4.69, 9.17) is 11.6 Å². The number of halogens is 1. The third-order valence-electron chi connectivity index (χ3n) is 2.79. The molecule has 0 aromatic heterocycles. The predicted octanol–water partition coefficient (Wildman–Crippen LogP) is 2.41. The Morgan fingerprint density at radius 3 is 2.78 bits per heavy atom. The van der Waals surface area contributed by atoms with E-state index in [0.717, 1.165) is 5.56 Å². The number of amides is 1. The van der Waals surface area contributed by atoms with Crippen LogP contribution in [-0.4, -0.2) is 23.7 Å². The molecule has 0 heterocycles. The fourth-order valence-electron chi connectivity index (χ4n) is 1.59. The Balaban J connectivity index is 2.30. The Hall–Kier alpha value is -1.06. The quantitative estimate of drug-likeness (QED) is 0.833. The summed E-state index contributed by atoms with van der Waals surface area (Å²) in [5, 5.41) is 13.0. The topological polar surface area (TPSA) is 49.3 Å². The van der Waals surface area contributed by atoms with Gasteiger partial charge in [-0.25, -0.2) is 0 Å². The largest absolute Gasteiger partial charge is 0.393 e. The van der Waals surface area contributed by atoms with E-state index in [1.807, 2.05) is 26.0 Å². The summed E-state index contributed by atoms with van der Waals surface area (Å²) in [6.07, 6.45) is 0.536. The molecule has 18 heavy (non-hydrogen) atoms. The SMILES string of the molecule is CC(C)C(O)CCNC(=O)Cc1cccc(Cl)c1. The molecule has 1 aromatic rings. The van der Waals surface area contributed by atoms with Gasteiger partial charge in [-0.1, -0.05) is 37.6 Å². The van der Waals surface area contributed by atoms with Crippen LogP contribution in [-0.2, 0) is 11.2 Å². The average molecular weight is 270 g/mol. The summed E-state index contributed by atoms with van der Waals surface area (Å²) in [6, 6.07) is 7.26. The normalized spacial score (nSPS) is 12.5. The number of aliphatic hydroxyl groups is 1. The minimum atomic E-state index is -0.364. The van der Waals surface area contributed by atoms with Crippen molar-refractivity contribution in [1.82, 2.24) is 5.32 Å². The number of hydrogen-bond acceptors (Lipinski definition) is 2. The van der Waals surface area contributed by atoms with Crippen LogP contribution in [0.25, 0.3) is 0 Å². The van der Waals surface area contributed by atoms with Crippen LogP contribution < -0.4 is 5.32 Å². The number of hydrogen-bond donors (Lipinski definition) is 2. The van der Waals surface area contributed by atoms with E-state index in [9.17, 15) is 9.90 Å². The highest BCUT2D eigenvalue weighted by Gasteiger charge is 2.09. The van der Waals surface area contributed by atoms with Gasteiger partial charge in [0, 0.05) is 11.6 Å². The first kappa shape index (κ1) is 15.0. The van der Waals surface area contributed by atoms with Crippen LogP contribution in [0.4, 0.5) is 0 Å². The molecule has 0 saturated carbocycles. The molecule has 1 amide bonds. The molecule has 0 aliphatic heterocycles. The van der Waals surface area contributed by atoms with E-state index < -0.39 is 0 Å². The van der Waals surface area contributed by atoms with Gasteiger partial charge in [-0.2, -0.15) is 0 Å². The van der Waals surface area contributed by atoms with Crippen molar-refractivity contribution in [3.05, 3.63) is 34.9 Å². The third kappa shape index (κ3) is 5.52. The number of nitrogens with one attached hydrogen (secondary N) is 1. The van der Waals surface area contributed by atoms with Crippen molar-refractivity contribution in [3.8, 4) is 0 Å². The maximum absolute atomic E-state index is 11.6. The Kier molecular flexibility index (Phi) is 6.16. The highest BCUT2D eigenvalue weighted by atomic mass is 35.5. The molecule has 1 rings (SSSR count). The fourth-order valence-corrected chi connectivity index (χ4v) is 1.80. The van der Waals surface area contributed by atoms with E-state index in [1.165, 1.54) is 0 Å². The lowest BCUT2D eigenvalue weighted by Gasteiger charge is -2.14. The second-order valence-corrected chi connectivity index (χ2v) is 5.19. The molecule has 1 aromatic carbocycles. The first-order chi connectivity index (χ1) is 8.49. The van der Waals surface area contributed by atoms with Gasteiger partial charge in [-0.15, -0.1) is 0 Å². The zero-order valence-corrected chi connectivity index (χ0v) is 11.6. The van der Waals surface area contributed by atoms with Gasteiger partial charge in [-0.05, 0) is 30.0 Å².